The highest BCUT2D eigenvalue weighted by Crippen LogP contribution is 2.24. The molecule has 3 rings (SSSR count). The molecule has 7 heteroatoms. The average Bonchev–Trinajstić information content (AvgIpc) is 3.17. The van der Waals surface area contributed by atoms with Crippen molar-refractivity contribution in [1.29, 1.82) is 0 Å². The Morgan fingerprint density at radius 3 is 2.60 bits per heavy atom. The number of rotatable bonds is 4. The van der Waals surface area contributed by atoms with Crippen LogP contribution in [0.15, 0.2) is 18.2 Å². The molecule has 0 amide bonds. The van der Waals surface area contributed by atoms with Crippen LogP contribution >= 0.6 is 12.2 Å². The number of thiocarbonyl (C=S) groups is 1. The van der Waals surface area contributed by atoms with Crippen molar-refractivity contribution in [3.05, 3.63) is 29.3 Å². The van der Waals surface area contributed by atoms with Gasteiger partial charge in [-0.1, -0.05) is 18.2 Å². The molecule has 138 valence electrons. The molecule has 0 aromatic heterocycles. The van der Waals surface area contributed by atoms with Crippen LogP contribution in [-0.2, 0) is 14.6 Å². The summed E-state index contributed by atoms with van der Waals surface area (Å²) in [6.07, 6.45) is 2.81. The summed E-state index contributed by atoms with van der Waals surface area (Å²) in [5.41, 5.74) is 3.25. The van der Waals surface area contributed by atoms with E-state index in [0.717, 1.165) is 36.3 Å². The van der Waals surface area contributed by atoms with Crippen molar-refractivity contribution in [3.63, 3.8) is 0 Å². The molecule has 0 radical (unpaired) electrons. The second-order valence-corrected chi connectivity index (χ2v) is 9.66. The van der Waals surface area contributed by atoms with Gasteiger partial charge in [-0.3, -0.25) is 0 Å². The lowest BCUT2D eigenvalue weighted by Crippen LogP contribution is -2.47. The molecule has 2 heterocycles. The lowest BCUT2D eigenvalue weighted by Gasteiger charge is -2.33. The van der Waals surface area contributed by atoms with Gasteiger partial charge in [0.05, 0.1) is 17.6 Å². The molecule has 1 N–H and O–H groups in total. The summed E-state index contributed by atoms with van der Waals surface area (Å²) < 4.78 is 29.7. The average molecular weight is 383 g/mol. The molecule has 2 fully saturated rings. The van der Waals surface area contributed by atoms with Crippen molar-refractivity contribution in [1.82, 2.24) is 4.90 Å². The number of nitrogens with zero attached hydrogens (tertiary/aromatic N) is 1. The molecule has 0 aliphatic carbocycles. The highest BCUT2D eigenvalue weighted by atomic mass is 32.2. The van der Waals surface area contributed by atoms with E-state index in [1.54, 1.807) is 0 Å². The van der Waals surface area contributed by atoms with Gasteiger partial charge in [0, 0.05) is 24.9 Å². The molecule has 2 atom stereocenters. The maximum atomic E-state index is 12.0. The normalized spacial score (nSPS) is 25.0. The number of benzene rings is 1. The quantitative estimate of drug-likeness (QED) is 0.808. The fourth-order valence-electron chi connectivity index (χ4n) is 3.62. The number of aryl methyl sites for hydroxylation is 2. The van der Waals surface area contributed by atoms with Crippen LogP contribution in [0.4, 0.5) is 5.69 Å². The van der Waals surface area contributed by atoms with E-state index in [2.05, 4.69) is 5.32 Å². The molecule has 0 saturated carbocycles. The minimum Gasteiger partial charge on any atom is -0.376 e. The second-order valence-electron chi connectivity index (χ2n) is 7.04. The minimum atomic E-state index is -2.97. The van der Waals surface area contributed by atoms with Crippen molar-refractivity contribution in [2.45, 2.75) is 45.3 Å². The summed E-state index contributed by atoms with van der Waals surface area (Å²) in [6, 6.07) is 6.04. The van der Waals surface area contributed by atoms with Gasteiger partial charge in [-0.25, -0.2) is 8.42 Å². The smallest absolute Gasteiger partial charge is 0.173 e. The van der Waals surface area contributed by atoms with Crippen LogP contribution in [0.25, 0.3) is 0 Å². The first kappa shape index (κ1) is 18.6. The molecular formula is C18H26N2O3S2. The van der Waals surface area contributed by atoms with Crippen LogP contribution < -0.4 is 5.32 Å². The standard InChI is InChI=1S/C18H26N2O3S2/c1-13-5-3-6-14(2)17(13)19-18(24)20(11-16-7-4-9-23-16)15-8-10-25(21,22)12-15/h3,5-6,15-16H,4,7-12H2,1-2H3,(H,19,24). The Balaban J connectivity index is 1.79. The van der Waals surface area contributed by atoms with Crippen LogP contribution in [0.1, 0.15) is 30.4 Å². The first-order valence-corrected chi connectivity index (χ1v) is 11.0. The van der Waals surface area contributed by atoms with Gasteiger partial charge in [0.15, 0.2) is 14.9 Å². The summed E-state index contributed by atoms with van der Waals surface area (Å²) in [4.78, 5) is 2.04. The van der Waals surface area contributed by atoms with Crippen LogP contribution in [0.5, 0.6) is 0 Å². The number of hydrogen-bond acceptors (Lipinski definition) is 4. The van der Waals surface area contributed by atoms with Gasteiger partial charge in [0.2, 0.25) is 0 Å². The molecule has 0 bridgehead atoms. The topological polar surface area (TPSA) is 58.6 Å². The van der Waals surface area contributed by atoms with Gasteiger partial charge in [-0.15, -0.1) is 0 Å². The van der Waals surface area contributed by atoms with E-state index < -0.39 is 9.84 Å². The Bertz CT molecular complexity index is 722. The molecule has 5 nitrogen and oxygen atoms in total. The van der Waals surface area contributed by atoms with E-state index in [1.807, 2.05) is 36.9 Å². The Hall–Kier alpha value is -1.18. The zero-order valence-electron chi connectivity index (χ0n) is 14.8. The van der Waals surface area contributed by atoms with Gasteiger partial charge in [-0.2, -0.15) is 0 Å². The highest BCUT2D eigenvalue weighted by molar-refractivity contribution is 7.91. The van der Waals surface area contributed by atoms with Crippen molar-refractivity contribution in [2.24, 2.45) is 0 Å². The monoisotopic (exact) mass is 382 g/mol. The number of anilines is 1. The summed E-state index contributed by atoms with van der Waals surface area (Å²) in [5, 5.41) is 3.96. The van der Waals surface area contributed by atoms with Crippen molar-refractivity contribution < 1.29 is 13.2 Å². The summed E-state index contributed by atoms with van der Waals surface area (Å²) in [6.45, 7) is 5.51. The van der Waals surface area contributed by atoms with E-state index >= 15 is 0 Å². The van der Waals surface area contributed by atoms with Gasteiger partial charge in [-0.05, 0) is 56.5 Å². The highest BCUT2D eigenvalue weighted by Gasteiger charge is 2.35. The largest absolute Gasteiger partial charge is 0.376 e. The lowest BCUT2D eigenvalue weighted by atomic mass is 10.1. The maximum absolute atomic E-state index is 12.0. The number of para-hydroxylation sites is 1. The number of hydrogen-bond donors (Lipinski definition) is 1. The van der Waals surface area contributed by atoms with E-state index in [4.69, 9.17) is 17.0 Å². The SMILES string of the molecule is Cc1cccc(C)c1NC(=S)N(CC1CCCO1)C1CCS(=O)(=O)C1. The Kier molecular flexibility index (Phi) is 5.65. The first-order chi connectivity index (χ1) is 11.9. The summed E-state index contributed by atoms with van der Waals surface area (Å²) >= 11 is 5.69. The summed E-state index contributed by atoms with van der Waals surface area (Å²) in [5.74, 6) is 0.417. The molecule has 1 aromatic rings. The Labute approximate surface area is 155 Å². The third kappa shape index (κ3) is 4.51. The lowest BCUT2D eigenvalue weighted by molar-refractivity contribution is 0.0851. The number of ether oxygens (including phenoxy) is 1. The van der Waals surface area contributed by atoms with Gasteiger partial charge in [0.1, 0.15) is 0 Å². The Morgan fingerprint density at radius 2 is 2.04 bits per heavy atom. The van der Waals surface area contributed by atoms with Crippen LogP contribution in [0.2, 0.25) is 0 Å². The predicted molar refractivity (Wildman–Crippen MR) is 105 cm³/mol. The maximum Gasteiger partial charge on any atom is 0.173 e. The zero-order valence-corrected chi connectivity index (χ0v) is 16.5. The Morgan fingerprint density at radius 1 is 1.32 bits per heavy atom. The molecular weight excluding hydrogens is 356 g/mol. The zero-order chi connectivity index (χ0) is 18.0. The molecule has 2 saturated heterocycles. The van der Waals surface area contributed by atoms with Gasteiger partial charge in [0.25, 0.3) is 0 Å². The minimum absolute atomic E-state index is 0.0708. The molecule has 2 aliphatic rings. The molecule has 1 aromatic carbocycles. The van der Waals surface area contributed by atoms with E-state index in [0.29, 0.717) is 18.1 Å². The second kappa shape index (κ2) is 7.60. The third-order valence-electron chi connectivity index (χ3n) is 5.05. The molecule has 0 spiro atoms. The fraction of sp³-hybridized carbons (Fsp3) is 0.611. The van der Waals surface area contributed by atoms with Crippen LogP contribution in [0.3, 0.4) is 0 Å². The molecule has 2 unspecified atom stereocenters. The predicted octanol–water partition coefficient (Wildman–Crippen LogP) is 2.67. The van der Waals surface area contributed by atoms with Gasteiger partial charge < -0.3 is 15.0 Å². The summed E-state index contributed by atoms with van der Waals surface area (Å²) in [7, 11) is -2.97. The number of nitrogens with one attached hydrogen (secondary N) is 1. The number of sulfone groups is 1. The fourth-order valence-corrected chi connectivity index (χ4v) is 5.67. The van der Waals surface area contributed by atoms with Crippen molar-refractivity contribution >= 4 is 32.9 Å². The van der Waals surface area contributed by atoms with Crippen molar-refractivity contribution in [2.75, 3.05) is 30.0 Å². The van der Waals surface area contributed by atoms with Crippen LogP contribution in [0, 0.1) is 13.8 Å². The van der Waals surface area contributed by atoms with E-state index in [-0.39, 0.29) is 23.7 Å². The first-order valence-electron chi connectivity index (χ1n) is 8.81. The van der Waals surface area contributed by atoms with Crippen LogP contribution in [-0.4, -0.2) is 55.2 Å². The third-order valence-corrected chi connectivity index (χ3v) is 7.13. The van der Waals surface area contributed by atoms with Gasteiger partial charge >= 0.3 is 0 Å². The molecule has 25 heavy (non-hydrogen) atoms. The molecule has 2 aliphatic heterocycles. The van der Waals surface area contributed by atoms with E-state index in [9.17, 15) is 8.42 Å². The van der Waals surface area contributed by atoms with Crippen molar-refractivity contribution in [3.8, 4) is 0 Å². The van der Waals surface area contributed by atoms with E-state index in [1.165, 1.54) is 0 Å².